The first-order valence-corrected chi connectivity index (χ1v) is 8.14. The number of benzene rings is 3. The standard InChI is InChI=1S/C20H14Cl2O2/c21-18-5-1-14(2-6-18)16-9-13(11-20(23)24)10-17(12-16)15-3-7-19(22)8-4-15/h1-10,12H,11H2,(H,23,24). The second kappa shape index (κ2) is 7.08. The average Bonchev–Trinajstić information content (AvgIpc) is 2.55. The number of carboxylic acids is 1. The minimum absolute atomic E-state index is 0.0258. The molecular formula is C20H14Cl2O2. The Morgan fingerprint density at radius 2 is 1.12 bits per heavy atom. The molecule has 0 unspecified atom stereocenters. The SMILES string of the molecule is O=C(O)Cc1cc(-c2ccc(Cl)cc2)cc(-c2ccc(Cl)cc2)c1. The first-order chi connectivity index (χ1) is 11.5. The van der Waals surface area contributed by atoms with E-state index in [0.29, 0.717) is 10.0 Å². The van der Waals surface area contributed by atoms with Gasteiger partial charge in [-0.05, 0) is 58.1 Å². The van der Waals surface area contributed by atoms with Gasteiger partial charge in [-0.25, -0.2) is 0 Å². The van der Waals surface area contributed by atoms with E-state index in [4.69, 9.17) is 28.3 Å². The molecule has 1 N–H and O–H groups in total. The highest BCUT2D eigenvalue weighted by molar-refractivity contribution is 6.30. The molecule has 0 aliphatic rings. The predicted molar refractivity (Wildman–Crippen MR) is 98.7 cm³/mol. The molecule has 2 nitrogen and oxygen atoms in total. The van der Waals surface area contributed by atoms with Crippen LogP contribution < -0.4 is 0 Å². The molecule has 0 aliphatic carbocycles. The second-order valence-electron chi connectivity index (χ2n) is 5.50. The largest absolute Gasteiger partial charge is 0.481 e. The third kappa shape index (κ3) is 3.97. The minimum atomic E-state index is -0.856. The van der Waals surface area contributed by atoms with Crippen LogP contribution in [0.25, 0.3) is 22.3 Å². The van der Waals surface area contributed by atoms with Gasteiger partial charge < -0.3 is 5.11 Å². The summed E-state index contributed by atoms with van der Waals surface area (Å²) in [6.45, 7) is 0. The molecule has 0 atom stereocenters. The Hall–Kier alpha value is -2.29. The molecule has 0 fully saturated rings. The van der Waals surface area contributed by atoms with Crippen molar-refractivity contribution in [2.45, 2.75) is 6.42 Å². The monoisotopic (exact) mass is 356 g/mol. The van der Waals surface area contributed by atoms with Crippen LogP contribution >= 0.6 is 23.2 Å². The van der Waals surface area contributed by atoms with Crippen molar-refractivity contribution in [3.05, 3.63) is 82.3 Å². The molecule has 0 heterocycles. The summed E-state index contributed by atoms with van der Waals surface area (Å²) in [6, 6.07) is 20.8. The molecule has 0 bridgehead atoms. The molecule has 0 aliphatic heterocycles. The van der Waals surface area contributed by atoms with Crippen LogP contribution in [0, 0.1) is 0 Å². The number of hydrogen-bond acceptors (Lipinski definition) is 1. The molecule has 3 rings (SSSR count). The van der Waals surface area contributed by atoms with Gasteiger partial charge in [-0.2, -0.15) is 0 Å². The number of aliphatic carboxylic acids is 1. The maximum atomic E-state index is 11.1. The third-order valence-corrected chi connectivity index (χ3v) is 4.21. The zero-order chi connectivity index (χ0) is 17.1. The maximum Gasteiger partial charge on any atom is 0.307 e. The Morgan fingerprint density at radius 1 is 0.708 bits per heavy atom. The fourth-order valence-corrected chi connectivity index (χ4v) is 2.84. The van der Waals surface area contributed by atoms with Crippen molar-refractivity contribution in [2.75, 3.05) is 0 Å². The van der Waals surface area contributed by atoms with Crippen LogP contribution in [0.3, 0.4) is 0 Å². The summed E-state index contributed by atoms with van der Waals surface area (Å²) in [5, 5.41) is 10.5. The summed E-state index contributed by atoms with van der Waals surface area (Å²) in [5.74, 6) is -0.856. The van der Waals surface area contributed by atoms with E-state index in [1.54, 1.807) is 0 Å². The highest BCUT2D eigenvalue weighted by atomic mass is 35.5. The summed E-state index contributed by atoms with van der Waals surface area (Å²) in [6.07, 6.45) is -0.0258. The molecule has 0 amide bonds. The summed E-state index contributed by atoms with van der Waals surface area (Å²) in [4.78, 5) is 11.1. The molecule has 0 saturated heterocycles. The highest BCUT2D eigenvalue weighted by Crippen LogP contribution is 2.30. The van der Waals surface area contributed by atoms with Gasteiger partial charge in [0.15, 0.2) is 0 Å². The van der Waals surface area contributed by atoms with Crippen molar-refractivity contribution < 1.29 is 9.90 Å². The zero-order valence-electron chi connectivity index (χ0n) is 12.7. The number of carboxylic acid groups (broad SMARTS) is 1. The van der Waals surface area contributed by atoms with Gasteiger partial charge in [-0.1, -0.05) is 59.6 Å². The van der Waals surface area contributed by atoms with Crippen molar-refractivity contribution in [2.24, 2.45) is 0 Å². The van der Waals surface area contributed by atoms with Gasteiger partial charge in [0.2, 0.25) is 0 Å². The van der Waals surface area contributed by atoms with Gasteiger partial charge in [0.05, 0.1) is 6.42 Å². The van der Waals surface area contributed by atoms with Gasteiger partial charge in [0.25, 0.3) is 0 Å². The molecule has 0 aromatic heterocycles. The van der Waals surface area contributed by atoms with Crippen molar-refractivity contribution in [3.8, 4) is 22.3 Å². The summed E-state index contributed by atoms with van der Waals surface area (Å²) < 4.78 is 0. The van der Waals surface area contributed by atoms with Crippen molar-refractivity contribution in [3.63, 3.8) is 0 Å². The fraction of sp³-hybridized carbons (Fsp3) is 0.0500. The Balaban J connectivity index is 2.11. The lowest BCUT2D eigenvalue weighted by Crippen LogP contribution is -2.00. The maximum absolute atomic E-state index is 11.1. The van der Waals surface area contributed by atoms with E-state index in [-0.39, 0.29) is 6.42 Å². The van der Waals surface area contributed by atoms with Crippen molar-refractivity contribution >= 4 is 29.2 Å². The van der Waals surface area contributed by atoms with E-state index in [0.717, 1.165) is 27.8 Å². The van der Waals surface area contributed by atoms with Crippen LogP contribution in [0.2, 0.25) is 10.0 Å². The second-order valence-corrected chi connectivity index (χ2v) is 6.38. The molecule has 24 heavy (non-hydrogen) atoms. The van der Waals surface area contributed by atoms with Crippen molar-refractivity contribution in [1.82, 2.24) is 0 Å². The minimum Gasteiger partial charge on any atom is -0.481 e. The Kier molecular flexibility index (Phi) is 4.89. The highest BCUT2D eigenvalue weighted by Gasteiger charge is 2.08. The van der Waals surface area contributed by atoms with Gasteiger partial charge >= 0.3 is 5.97 Å². The molecule has 4 heteroatoms. The van der Waals surface area contributed by atoms with E-state index < -0.39 is 5.97 Å². The van der Waals surface area contributed by atoms with Gasteiger partial charge in [0.1, 0.15) is 0 Å². The topological polar surface area (TPSA) is 37.3 Å². The Bertz CT molecular complexity index is 805. The van der Waals surface area contributed by atoms with Gasteiger partial charge in [0, 0.05) is 10.0 Å². The smallest absolute Gasteiger partial charge is 0.307 e. The Morgan fingerprint density at radius 3 is 1.50 bits per heavy atom. The lowest BCUT2D eigenvalue weighted by atomic mass is 9.95. The van der Waals surface area contributed by atoms with E-state index >= 15 is 0 Å². The lowest BCUT2D eigenvalue weighted by molar-refractivity contribution is -0.136. The van der Waals surface area contributed by atoms with Crippen LogP contribution in [-0.4, -0.2) is 11.1 Å². The summed E-state index contributed by atoms with van der Waals surface area (Å²) in [5.41, 5.74) is 4.63. The molecule has 0 spiro atoms. The first kappa shape index (κ1) is 16.6. The number of rotatable bonds is 4. The van der Waals surface area contributed by atoms with Crippen molar-refractivity contribution in [1.29, 1.82) is 0 Å². The summed E-state index contributed by atoms with van der Waals surface area (Å²) in [7, 11) is 0. The van der Waals surface area contributed by atoms with Crippen LogP contribution in [0.4, 0.5) is 0 Å². The zero-order valence-corrected chi connectivity index (χ0v) is 14.2. The van der Waals surface area contributed by atoms with E-state index in [1.807, 2.05) is 66.7 Å². The molecule has 120 valence electrons. The van der Waals surface area contributed by atoms with E-state index in [1.165, 1.54) is 0 Å². The predicted octanol–water partition coefficient (Wildman–Crippen LogP) is 5.95. The molecule has 0 saturated carbocycles. The van der Waals surface area contributed by atoms with E-state index in [2.05, 4.69) is 0 Å². The van der Waals surface area contributed by atoms with Crippen LogP contribution in [0.15, 0.2) is 66.7 Å². The van der Waals surface area contributed by atoms with Gasteiger partial charge in [-0.3, -0.25) is 4.79 Å². The third-order valence-electron chi connectivity index (χ3n) is 3.70. The number of carbonyl (C=O) groups is 1. The fourth-order valence-electron chi connectivity index (χ4n) is 2.59. The quantitative estimate of drug-likeness (QED) is 0.626. The number of hydrogen-bond donors (Lipinski definition) is 1. The van der Waals surface area contributed by atoms with Crippen LogP contribution in [0.5, 0.6) is 0 Å². The molecular weight excluding hydrogens is 343 g/mol. The number of halogens is 2. The van der Waals surface area contributed by atoms with Crippen LogP contribution in [0.1, 0.15) is 5.56 Å². The van der Waals surface area contributed by atoms with E-state index in [9.17, 15) is 4.79 Å². The first-order valence-electron chi connectivity index (χ1n) is 7.39. The molecule has 3 aromatic rings. The van der Waals surface area contributed by atoms with Gasteiger partial charge in [-0.15, -0.1) is 0 Å². The molecule has 0 radical (unpaired) electrons. The molecule has 3 aromatic carbocycles. The normalized spacial score (nSPS) is 10.6. The van der Waals surface area contributed by atoms with Crippen LogP contribution in [-0.2, 0) is 11.2 Å². The average molecular weight is 357 g/mol. The summed E-state index contributed by atoms with van der Waals surface area (Å²) >= 11 is 11.9. The Labute approximate surface area is 150 Å². The lowest BCUT2D eigenvalue weighted by Gasteiger charge is -2.10.